The van der Waals surface area contributed by atoms with Gasteiger partial charge in [-0.2, -0.15) is 0 Å². The molecule has 0 aromatic heterocycles. The average molecular weight is 264 g/mol. The first-order valence-electron chi connectivity index (χ1n) is 6.81. The lowest BCUT2D eigenvalue weighted by molar-refractivity contribution is -0.126. The van der Waals surface area contributed by atoms with Crippen molar-refractivity contribution in [2.45, 2.75) is 38.8 Å². The second-order valence-corrected chi connectivity index (χ2v) is 4.85. The van der Waals surface area contributed by atoms with Gasteiger partial charge in [0.2, 0.25) is 5.91 Å². The van der Waals surface area contributed by atoms with Crippen LogP contribution in [-0.2, 0) is 4.79 Å². The predicted octanol–water partition coefficient (Wildman–Crippen LogP) is 1.60. The molecule has 0 fully saturated rings. The summed E-state index contributed by atoms with van der Waals surface area (Å²) in [6, 6.07) is 9.32. The predicted molar refractivity (Wildman–Crippen MR) is 76.5 cm³/mol. The summed E-state index contributed by atoms with van der Waals surface area (Å²) in [6.45, 7) is 3.90. The van der Waals surface area contributed by atoms with Gasteiger partial charge in [-0.05, 0) is 18.4 Å². The van der Waals surface area contributed by atoms with E-state index in [4.69, 9.17) is 10.8 Å². The van der Waals surface area contributed by atoms with E-state index >= 15 is 0 Å². The van der Waals surface area contributed by atoms with Gasteiger partial charge in [-0.25, -0.2) is 0 Å². The molecule has 0 aliphatic rings. The lowest BCUT2D eigenvalue weighted by Gasteiger charge is -2.23. The van der Waals surface area contributed by atoms with E-state index in [9.17, 15) is 4.79 Å². The van der Waals surface area contributed by atoms with Crippen LogP contribution in [0.4, 0.5) is 0 Å². The molecule has 0 bridgehead atoms. The van der Waals surface area contributed by atoms with Crippen LogP contribution in [0.3, 0.4) is 0 Å². The van der Waals surface area contributed by atoms with Gasteiger partial charge in [-0.1, -0.05) is 44.2 Å². The fourth-order valence-electron chi connectivity index (χ4n) is 1.99. The standard InChI is InChI=1S/C15H24N2O2/c1-3-13(9-10-18)17-15(19)11(2)14(16)12-7-5-4-6-8-12/h4-8,11,13-14,18H,3,9-10,16H2,1-2H3,(H,17,19). The summed E-state index contributed by atoms with van der Waals surface area (Å²) >= 11 is 0. The van der Waals surface area contributed by atoms with Gasteiger partial charge in [0.15, 0.2) is 0 Å². The van der Waals surface area contributed by atoms with Gasteiger partial charge < -0.3 is 16.2 Å². The van der Waals surface area contributed by atoms with E-state index in [0.717, 1.165) is 12.0 Å². The third-order valence-electron chi connectivity index (χ3n) is 3.45. The highest BCUT2D eigenvalue weighted by Crippen LogP contribution is 2.19. The zero-order valence-electron chi connectivity index (χ0n) is 11.7. The van der Waals surface area contributed by atoms with Crippen molar-refractivity contribution in [3.8, 4) is 0 Å². The van der Waals surface area contributed by atoms with E-state index in [-0.39, 0.29) is 30.5 Å². The molecule has 0 saturated heterocycles. The number of hydrogen-bond donors (Lipinski definition) is 3. The van der Waals surface area contributed by atoms with E-state index < -0.39 is 0 Å². The van der Waals surface area contributed by atoms with Crippen LogP contribution in [-0.4, -0.2) is 23.7 Å². The fourth-order valence-corrected chi connectivity index (χ4v) is 1.99. The second kappa shape index (κ2) is 7.92. The Morgan fingerprint density at radius 3 is 2.53 bits per heavy atom. The summed E-state index contributed by atoms with van der Waals surface area (Å²) in [5.41, 5.74) is 7.08. The summed E-state index contributed by atoms with van der Waals surface area (Å²) in [6.07, 6.45) is 1.38. The molecule has 0 aliphatic carbocycles. The minimum atomic E-state index is -0.312. The van der Waals surface area contributed by atoms with E-state index in [0.29, 0.717) is 6.42 Å². The number of aliphatic hydroxyl groups excluding tert-OH is 1. The second-order valence-electron chi connectivity index (χ2n) is 4.85. The van der Waals surface area contributed by atoms with Crippen LogP contribution in [0.15, 0.2) is 30.3 Å². The van der Waals surface area contributed by atoms with E-state index in [1.54, 1.807) is 0 Å². The maximum Gasteiger partial charge on any atom is 0.224 e. The minimum absolute atomic E-state index is 0.0166. The summed E-state index contributed by atoms with van der Waals surface area (Å²) in [4.78, 5) is 12.1. The van der Waals surface area contributed by atoms with E-state index in [1.165, 1.54) is 0 Å². The van der Waals surface area contributed by atoms with Crippen molar-refractivity contribution in [3.05, 3.63) is 35.9 Å². The Kier molecular flexibility index (Phi) is 6.53. The zero-order valence-corrected chi connectivity index (χ0v) is 11.7. The van der Waals surface area contributed by atoms with Crippen LogP contribution >= 0.6 is 0 Å². The van der Waals surface area contributed by atoms with Gasteiger partial charge in [-0.3, -0.25) is 4.79 Å². The average Bonchev–Trinajstić information content (AvgIpc) is 2.45. The van der Waals surface area contributed by atoms with Gasteiger partial charge in [-0.15, -0.1) is 0 Å². The number of carbonyl (C=O) groups is 1. The fraction of sp³-hybridized carbons (Fsp3) is 0.533. The lowest BCUT2D eigenvalue weighted by atomic mass is 9.94. The smallest absolute Gasteiger partial charge is 0.224 e. The number of nitrogens with one attached hydrogen (secondary N) is 1. The molecule has 0 radical (unpaired) electrons. The molecule has 4 N–H and O–H groups in total. The van der Waals surface area contributed by atoms with Gasteiger partial charge in [0.25, 0.3) is 0 Å². The lowest BCUT2D eigenvalue weighted by Crippen LogP contribution is -2.41. The third-order valence-corrected chi connectivity index (χ3v) is 3.45. The SMILES string of the molecule is CCC(CCO)NC(=O)C(C)C(N)c1ccccc1. The van der Waals surface area contributed by atoms with E-state index in [2.05, 4.69) is 5.32 Å². The third kappa shape index (κ3) is 4.65. The quantitative estimate of drug-likeness (QED) is 0.700. The number of hydrogen-bond acceptors (Lipinski definition) is 3. The molecule has 1 rings (SSSR count). The topological polar surface area (TPSA) is 75.3 Å². The first-order chi connectivity index (χ1) is 9.10. The molecular formula is C15H24N2O2. The van der Waals surface area contributed by atoms with Crippen LogP contribution < -0.4 is 11.1 Å². The molecule has 1 aromatic rings. The van der Waals surface area contributed by atoms with Gasteiger partial charge >= 0.3 is 0 Å². The Balaban J connectivity index is 2.61. The Hall–Kier alpha value is -1.39. The van der Waals surface area contributed by atoms with Crippen molar-refractivity contribution >= 4 is 5.91 Å². The zero-order chi connectivity index (χ0) is 14.3. The molecule has 4 nitrogen and oxygen atoms in total. The minimum Gasteiger partial charge on any atom is -0.396 e. The number of carbonyl (C=O) groups excluding carboxylic acids is 1. The highest BCUT2D eigenvalue weighted by molar-refractivity contribution is 5.79. The van der Waals surface area contributed by atoms with Crippen LogP contribution in [0, 0.1) is 5.92 Å². The maximum absolute atomic E-state index is 12.1. The van der Waals surface area contributed by atoms with Crippen LogP contribution in [0.25, 0.3) is 0 Å². The molecular weight excluding hydrogens is 240 g/mol. The molecule has 19 heavy (non-hydrogen) atoms. The summed E-state index contributed by atoms with van der Waals surface area (Å²) in [7, 11) is 0. The number of aliphatic hydroxyl groups is 1. The molecule has 1 aromatic carbocycles. The van der Waals surface area contributed by atoms with Crippen molar-refractivity contribution in [3.63, 3.8) is 0 Å². The Bertz CT molecular complexity index is 381. The maximum atomic E-state index is 12.1. The first-order valence-corrected chi connectivity index (χ1v) is 6.81. The molecule has 1 amide bonds. The molecule has 3 atom stereocenters. The Morgan fingerprint density at radius 2 is 2.00 bits per heavy atom. The molecule has 4 heteroatoms. The Labute approximate surface area is 115 Å². The van der Waals surface area contributed by atoms with Gasteiger partial charge in [0, 0.05) is 18.7 Å². The van der Waals surface area contributed by atoms with Crippen molar-refractivity contribution < 1.29 is 9.90 Å². The Morgan fingerprint density at radius 1 is 1.37 bits per heavy atom. The molecule has 0 spiro atoms. The number of rotatable bonds is 7. The highest BCUT2D eigenvalue weighted by Gasteiger charge is 2.23. The largest absolute Gasteiger partial charge is 0.396 e. The molecule has 3 unspecified atom stereocenters. The van der Waals surface area contributed by atoms with Crippen molar-refractivity contribution in [2.24, 2.45) is 11.7 Å². The molecule has 106 valence electrons. The number of benzene rings is 1. The van der Waals surface area contributed by atoms with Crippen LogP contribution in [0.2, 0.25) is 0 Å². The summed E-state index contributed by atoms with van der Waals surface area (Å²) in [5.74, 6) is -0.355. The monoisotopic (exact) mass is 264 g/mol. The first kappa shape index (κ1) is 15.7. The summed E-state index contributed by atoms with van der Waals surface area (Å²) in [5, 5.41) is 11.9. The van der Waals surface area contributed by atoms with E-state index in [1.807, 2.05) is 44.2 Å². The van der Waals surface area contributed by atoms with Crippen molar-refractivity contribution in [1.29, 1.82) is 0 Å². The van der Waals surface area contributed by atoms with Gasteiger partial charge in [0.1, 0.15) is 0 Å². The number of amides is 1. The van der Waals surface area contributed by atoms with Crippen molar-refractivity contribution in [2.75, 3.05) is 6.61 Å². The highest BCUT2D eigenvalue weighted by atomic mass is 16.3. The van der Waals surface area contributed by atoms with Crippen LogP contribution in [0.5, 0.6) is 0 Å². The van der Waals surface area contributed by atoms with Crippen LogP contribution in [0.1, 0.15) is 38.3 Å². The normalized spacial score (nSPS) is 15.6. The van der Waals surface area contributed by atoms with Gasteiger partial charge in [0.05, 0.1) is 5.92 Å². The molecule has 0 saturated carbocycles. The molecule has 0 aliphatic heterocycles. The molecule has 0 heterocycles. The number of nitrogens with two attached hydrogens (primary N) is 1. The summed E-state index contributed by atoms with van der Waals surface area (Å²) < 4.78 is 0. The van der Waals surface area contributed by atoms with Crippen molar-refractivity contribution in [1.82, 2.24) is 5.32 Å².